The van der Waals surface area contributed by atoms with Gasteiger partial charge in [-0.2, -0.15) is 0 Å². The second-order valence-electron chi connectivity index (χ2n) is 30.8. The first-order valence-corrected chi connectivity index (χ1v) is 37.5. The summed E-state index contributed by atoms with van der Waals surface area (Å²) in [5.74, 6) is 0. The molecule has 0 saturated carbocycles. The minimum absolute atomic E-state index is 0.172. The molecule has 14 aromatic carbocycles. The quantitative estimate of drug-likeness (QED) is 0.165. The summed E-state index contributed by atoms with van der Waals surface area (Å²) in [6.07, 6.45) is 0. The highest BCUT2D eigenvalue weighted by Crippen LogP contribution is 2.65. The van der Waals surface area contributed by atoms with Crippen molar-refractivity contribution in [1.82, 2.24) is 0 Å². The molecule has 104 heavy (non-hydrogen) atoms. The molecule has 0 spiro atoms. The van der Waals surface area contributed by atoms with Crippen LogP contribution in [0.1, 0.15) is 99.9 Å². The molecule has 0 radical (unpaired) electrons. The Morgan fingerprint density at radius 3 is 0.731 bits per heavy atom. The third-order valence-electron chi connectivity index (χ3n) is 23.8. The van der Waals surface area contributed by atoms with Gasteiger partial charge in [0, 0.05) is 87.5 Å². The van der Waals surface area contributed by atoms with E-state index in [0.29, 0.717) is 0 Å². The molecule has 0 unspecified atom stereocenters. The molecule has 500 valence electrons. The smallest absolute Gasteiger partial charge is 0.160 e. The Morgan fingerprint density at radius 1 is 0.240 bits per heavy atom. The average molecular weight is 1470 g/mol. The molecule has 4 heterocycles. The van der Waals surface area contributed by atoms with Gasteiger partial charge in [-0.05, 0) is 242 Å². The van der Waals surface area contributed by atoms with E-state index >= 15 is 0 Å². The van der Waals surface area contributed by atoms with Crippen LogP contribution in [0.15, 0.2) is 294 Å². The molecule has 0 bridgehead atoms. The van der Waals surface area contributed by atoms with Crippen LogP contribution in [0.2, 0.25) is 0 Å². The highest BCUT2D eigenvalue weighted by Gasteiger charge is 2.48. The van der Waals surface area contributed by atoms with E-state index in [1.807, 2.05) is 12.1 Å². The number of hydrogen-bond donors (Lipinski definition) is 0. The zero-order chi connectivity index (χ0) is 70.2. The van der Waals surface area contributed by atoms with Gasteiger partial charge in [0.05, 0.1) is 20.3 Å². The van der Waals surface area contributed by atoms with Crippen LogP contribution in [-0.2, 0) is 21.7 Å². The summed E-state index contributed by atoms with van der Waals surface area (Å²) in [6.45, 7) is 19.0. The lowest BCUT2D eigenvalue weighted by molar-refractivity contribution is 0.648. The normalized spacial score (nSPS) is 14.9. The van der Waals surface area contributed by atoms with Crippen LogP contribution >= 0.6 is 31.9 Å². The lowest BCUT2D eigenvalue weighted by atomic mass is 9.79. The number of furan rings is 4. The number of halogens is 2. The first kappa shape index (κ1) is 61.5. The fraction of sp³-hybridized carbons (Fsp3) is 0.125. The Balaban J connectivity index is 0.000000149. The Hall–Kier alpha value is -11.2. The topological polar surface area (TPSA) is 59.0 Å². The van der Waals surface area contributed by atoms with E-state index in [1.165, 1.54) is 99.8 Å². The fourth-order valence-corrected chi connectivity index (χ4v) is 19.8. The van der Waals surface area contributed by atoms with Crippen molar-refractivity contribution in [3.8, 4) is 44.5 Å². The summed E-state index contributed by atoms with van der Waals surface area (Å²) >= 11 is 7.72. The third kappa shape index (κ3) is 8.32. The van der Waals surface area contributed by atoms with E-state index in [4.69, 9.17) is 17.7 Å². The summed E-state index contributed by atoms with van der Waals surface area (Å²) in [5, 5.41) is 9.30. The summed E-state index contributed by atoms with van der Waals surface area (Å²) in [6, 6.07) is 96.0. The zero-order valence-corrected chi connectivity index (χ0v) is 61.9. The maximum atomic E-state index is 7.03. The monoisotopic (exact) mass is 1470 g/mol. The number of hydrogen-bond acceptors (Lipinski definition) is 6. The van der Waals surface area contributed by atoms with Gasteiger partial charge in [-0.3, -0.25) is 0 Å². The third-order valence-corrected chi connectivity index (χ3v) is 25.0. The molecule has 0 fully saturated rings. The summed E-state index contributed by atoms with van der Waals surface area (Å²) < 4.78 is 28.9. The molecule has 0 N–H and O–H groups in total. The molecular weight excluding hydrogens is 1400 g/mol. The molecule has 4 aliphatic carbocycles. The fourth-order valence-electron chi connectivity index (χ4n) is 18.7. The van der Waals surface area contributed by atoms with Crippen LogP contribution in [0.25, 0.3) is 132 Å². The predicted octanol–water partition coefficient (Wildman–Crippen LogP) is 28.7. The van der Waals surface area contributed by atoms with Gasteiger partial charge in [0.2, 0.25) is 0 Å². The minimum atomic E-state index is -0.345. The molecule has 8 heteroatoms. The van der Waals surface area contributed by atoms with Gasteiger partial charge in [-0.1, -0.05) is 201 Å². The van der Waals surface area contributed by atoms with E-state index in [9.17, 15) is 0 Å². The molecule has 18 aromatic rings. The number of benzene rings is 14. The highest BCUT2D eigenvalue weighted by molar-refractivity contribution is 9.11. The Kier molecular flexibility index (Phi) is 12.8. The molecule has 4 aromatic heterocycles. The van der Waals surface area contributed by atoms with E-state index in [0.717, 1.165) is 120 Å². The second kappa shape index (κ2) is 21.7. The van der Waals surface area contributed by atoms with Crippen LogP contribution < -0.4 is 9.80 Å². The SMILES string of the molecule is CC1(C)c2cc3c(cc2-c2c1cc(Br)c1oc4ccccc4c21)C(C)(C)c1cc(Br)c2oc4ccccc4c2c1-3.CC1(C)c2cc3c(cc2-c2c1cc(N(c1ccccc1)c1ccccc1)c1oc4ccccc4c21)C(C)(C)c1cc(N(c2ccccc2)c2ccccc2)c2oc4ccccc4c2c1-3. The summed E-state index contributed by atoms with van der Waals surface area (Å²) in [7, 11) is 0. The van der Waals surface area contributed by atoms with Crippen molar-refractivity contribution in [3.05, 3.63) is 320 Å². The zero-order valence-electron chi connectivity index (χ0n) is 58.7. The molecule has 4 aliphatic rings. The van der Waals surface area contributed by atoms with Crippen LogP contribution in [0, 0.1) is 0 Å². The van der Waals surface area contributed by atoms with Gasteiger partial charge in [0.25, 0.3) is 0 Å². The van der Waals surface area contributed by atoms with Crippen LogP contribution in [-0.4, -0.2) is 0 Å². The van der Waals surface area contributed by atoms with Gasteiger partial charge in [-0.25, -0.2) is 0 Å². The maximum Gasteiger partial charge on any atom is 0.160 e. The molecule has 0 amide bonds. The standard InChI is InChI=1S/C60H44N2O2.C36H24Br2O2/c1-59(2)45-33-44-46(34-43(45)53-47(59)35-49(57-55(53)41-29-17-19-31-51(41)63-57)61(37-21-9-5-10-22-37)38-23-11-6-12-24-38)60(3,4)48-36-50(58-56(54(44)48)42-30-18-20-32-52(42)64-58)62(39-25-13-7-14-26-39)40-27-15-8-16-28-40;1-35(2)21-13-20-22(14-19(21)29-23(35)15-25(37)33-31(29)17-9-5-7-11-27(17)39-33)36(3,4)24-16-26(38)34-32(30(20)24)18-10-6-8-12-28(18)40-34/h5-36H,1-4H3;5-16H,1-4H3. The number of anilines is 6. The second-order valence-corrected chi connectivity index (χ2v) is 32.5. The maximum absolute atomic E-state index is 7.03. The van der Waals surface area contributed by atoms with E-state index in [2.05, 4.69) is 352 Å². The number of fused-ring (bicyclic) bond motifs is 28. The van der Waals surface area contributed by atoms with Gasteiger partial charge in [-0.15, -0.1) is 0 Å². The van der Waals surface area contributed by atoms with Crippen molar-refractivity contribution >= 4 is 154 Å². The molecular formula is C96H68Br2N2O4. The number of rotatable bonds is 6. The number of nitrogens with zero attached hydrogens (tertiary/aromatic N) is 2. The Labute approximate surface area is 618 Å². The van der Waals surface area contributed by atoms with Gasteiger partial charge in [0.1, 0.15) is 33.5 Å². The largest absolute Gasteiger partial charge is 0.455 e. The van der Waals surface area contributed by atoms with Crippen molar-refractivity contribution in [2.24, 2.45) is 0 Å². The lowest BCUT2D eigenvalue weighted by Crippen LogP contribution is -2.18. The summed E-state index contributed by atoms with van der Waals surface area (Å²) in [5.41, 5.74) is 33.5. The van der Waals surface area contributed by atoms with Gasteiger partial charge < -0.3 is 27.5 Å². The van der Waals surface area contributed by atoms with Crippen molar-refractivity contribution < 1.29 is 17.7 Å². The first-order valence-electron chi connectivity index (χ1n) is 35.9. The Bertz CT molecular complexity index is 6260. The minimum Gasteiger partial charge on any atom is -0.455 e. The molecule has 6 nitrogen and oxygen atoms in total. The van der Waals surface area contributed by atoms with Crippen molar-refractivity contribution in [3.63, 3.8) is 0 Å². The van der Waals surface area contributed by atoms with E-state index in [-0.39, 0.29) is 21.7 Å². The van der Waals surface area contributed by atoms with Gasteiger partial charge in [0.15, 0.2) is 11.2 Å². The average Bonchev–Trinajstić information content (AvgIpc) is 1.53. The van der Waals surface area contributed by atoms with Crippen molar-refractivity contribution in [2.75, 3.05) is 9.80 Å². The van der Waals surface area contributed by atoms with Crippen LogP contribution in [0.5, 0.6) is 0 Å². The molecule has 0 saturated heterocycles. The Morgan fingerprint density at radius 2 is 0.462 bits per heavy atom. The molecule has 22 rings (SSSR count). The van der Waals surface area contributed by atoms with E-state index in [1.54, 1.807) is 0 Å². The van der Waals surface area contributed by atoms with E-state index < -0.39 is 0 Å². The lowest BCUT2D eigenvalue weighted by Gasteiger charge is -2.28. The van der Waals surface area contributed by atoms with Crippen molar-refractivity contribution in [2.45, 2.75) is 77.0 Å². The molecule has 0 aliphatic heterocycles. The van der Waals surface area contributed by atoms with Crippen LogP contribution in [0.4, 0.5) is 34.1 Å². The first-order chi connectivity index (χ1) is 50.5. The van der Waals surface area contributed by atoms with Crippen LogP contribution in [0.3, 0.4) is 0 Å². The van der Waals surface area contributed by atoms with Crippen molar-refractivity contribution in [1.29, 1.82) is 0 Å². The highest BCUT2D eigenvalue weighted by atomic mass is 79.9. The van der Waals surface area contributed by atoms with Gasteiger partial charge >= 0.3 is 0 Å². The predicted molar refractivity (Wildman–Crippen MR) is 437 cm³/mol. The summed E-state index contributed by atoms with van der Waals surface area (Å²) in [4.78, 5) is 4.71. The number of para-hydroxylation sites is 8. The molecule has 0 atom stereocenters.